The van der Waals surface area contributed by atoms with E-state index >= 15 is 0 Å². The molecule has 0 unspecified atom stereocenters. The number of hydrogen-bond donors (Lipinski definition) is 1. The van der Waals surface area contributed by atoms with Crippen molar-refractivity contribution < 1.29 is 8.42 Å². The van der Waals surface area contributed by atoms with E-state index in [-0.39, 0.29) is 4.90 Å². The molecule has 1 aromatic heterocycles. The van der Waals surface area contributed by atoms with Crippen molar-refractivity contribution in [3.8, 4) is 11.1 Å². The second-order valence-electron chi connectivity index (χ2n) is 4.12. The minimum absolute atomic E-state index is 0.276. The monoisotopic (exact) mass is 298 g/mol. The molecular weight excluding hydrogens is 288 g/mol. The maximum atomic E-state index is 11.8. The van der Waals surface area contributed by atoms with E-state index in [4.69, 9.17) is 11.6 Å². The zero-order chi connectivity index (χ0) is 14.2. The summed E-state index contributed by atoms with van der Waals surface area (Å²) in [6.07, 6.45) is 0.996. The summed E-state index contributed by atoms with van der Waals surface area (Å²) in [4.78, 5) is 11.5. The van der Waals surface area contributed by atoms with Gasteiger partial charge in [0.1, 0.15) is 4.90 Å². The van der Waals surface area contributed by atoms with Crippen molar-refractivity contribution in [1.29, 1.82) is 0 Å². The van der Waals surface area contributed by atoms with E-state index < -0.39 is 15.4 Å². The van der Waals surface area contributed by atoms with Gasteiger partial charge >= 0.3 is 0 Å². The SMILES string of the molecule is Cc1n[nH]c(=O)c(S(C)(=O)=O)c1-c1ccc(Cl)cc1. The van der Waals surface area contributed by atoms with Gasteiger partial charge in [0.2, 0.25) is 0 Å². The first-order valence-electron chi connectivity index (χ1n) is 5.36. The fourth-order valence-corrected chi connectivity index (χ4v) is 2.97. The predicted molar refractivity (Wildman–Crippen MR) is 73.2 cm³/mol. The van der Waals surface area contributed by atoms with Crippen LogP contribution in [0.5, 0.6) is 0 Å². The minimum atomic E-state index is -3.66. The van der Waals surface area contributed by atoms with E-state index in [1.54, 1.807) is 31.2 Å². The molecule has 0 saturated carbocycles. The summed E-state index contributed by atoms with van der Waals surface area (Å²) < 4.78 is 23.6. The van der Waals surface area contributed by atoms with Crippen LogP contribution in [-0.4, -0.2) is 24.9 Å². The topological polar surface area (TPSA) is 79.9 Å². The average molecular weight is 299 g/mol. The quantitative estimate of drug-likeness (QED) is 0.917. The summed E-state index contributed by atoms with van der Waals surface area (Å²) in [7, 11) is -3.66. The number of H-pyrrole nitrogens is 1. The maximum Gasteiger partial charge on any atom is 0.283 e. The van der Waals surface area contributed by atoms with Crippen LogP contribution in [0.3, 0.4) is 0 Å². The average Bonchev–Trinajstić information content (AvgIpc) is 2.31. The van der Waals surface area contributed by atoms with E-state index in [0.29, 0.717) is 21.8 Å². The second-order valence-corrected chi connectivity index (χ2v) is 6.51. The van der Waals surface area contributed by atoms with Gasteiger partial charge in [0.15, 0.2) is 9.84 Å². The van der Waals surface area contributed by atoms with Gasteiger partial charge in [0, 0.05) is 16.8 Å². The highest BCUT2D eigenvalue weighted by atomic mass is 35.5. The van der Waals surface area contributed by atoms with Gasteiger partial charge in [-0.05, 0) is 24.6 Å². The lowest BCUT2D eigenvalue weighted by Crippen LogP contribution is -2.20. The van der Waals surface area contributed by atoms with Crippen molar-refractivity contribution in [2.45, 2.75) is 11.8 Å². The van der Waals surface area contributed by atoms with Crippen LogP contribution in [0.1, 0.15) is 5.69 Å². The molecule has 5 nitrogen and oxygen atoms in total. The van der Waals surface area contributed by atoms with Gasteiger partial charge in [0.05, 0.1) is 5.69 Å². The third-order valence-corrected chi connectivity index (χ3v) is 4.01. The lowest BCUT2D eigenvalue weighted by atomic mass is 10.1. The third kappa shape index (κ3) is 2.69. The highest BCUT2D eigenvalue weighted by molar-refractivity contribution is 7.90. The molecule has 0 saturated heterocycles. The van der Waals surface area contributed by atoms with Gasteiger partial charge in [-0.15, -0.1) is 0 Å². The van der Waals surface area contributed by atoms with Crippen molar-refractivity contribution in [3.63, 3.8) is 0 Å². The molecule has 7 heteroatoms. The minimum Gasteiger partial charge on any atom is -0.267 e. The Morgan fingerprint density at radius 3 is 2.32 bits per heavy atom. The van der Waals surface area contributed by atoms with Crippen LogP contribution in [0.15, 0.2) is 34.0 Å². The Morgan fingerprint density at radius 2 is 1.79 bits per heavy atom. The van der Waals surface area contributed by atoms with Crippen LogP contribution in [0.4, 0.5) is 0 Å². The van der Waals surface area contributed by atoms with Gasteiger partial charge in [-0.3, -0.25) is 4.79 Å². The van der Waals surface area contributed by atoms with Crippen LogP contribution in [0.2, 0.25) is 5.02 Å². The first-order chi connectivity index (χ1) is 8.80. The van der Waals surface area contributed by atoms with E-state index in [0.717, 1.165) is 6.26 Å². The van der Waals surface area contributed by atoms with E-state index in [1.807, 2.05) is 0 Å². The van der Waals surface area contributed by atoms with E-state index in [2.05, 4.69) is 10.2 Å². The van der Waals surface area contributed by atoms with Crippen molar-refractivity contribution in [3.05, 3.63) is 45.3 Å². The lowest BCUT2D eigenvalue weighted by Gasteiger charge is -2.09. The maximum absolute atomic E-state index is 11.8. The smallest absolute Gasteiger partial charge is 0.267 e. The van der Waals surface area contributed by atoms with E-state index in [1.165, 1.54) is 0 Å². The molecule has 2 rings (SSSR count). The molecule has 0 atom stereocenters. The summed E-state index contributed by atoms with van der Waals surface area (Å²) in [5.41, 5.74) is 0.601. The number of benzene rings is 1. The molecule has 19 heavy (non-hydrogen) atoms. The Labute approximate surface area is 115 Å². The zero-order valence-corrected chi connectivity index (χ0v) is 11.8. The Bertz CT molecular complexity index is 780. The molecule has 100 valence electrons. The number of aromatic amines is 1. The number of rotatable bonds is 2. The van der Waals surface area contributed by atoms with Crippen LogP contribution >= 0.6 is 11.6 Å². The summed E-state index contributed by atoms with van der Waals surface area (Å²) in [6.45, 7) is 1.63. The fourth-order valence-electron chi connectivity index (χ4n) is 1.83. The molecule has 0 amide bonds. The number of nitrogens with zero attached hydrogens (tertiary/aromatic N) is 1. The summed E-state index contributed by atoms with van der Waals surface area (Å²) in [6, 6.07) is 6.56. The predicted octanol–water partition coefficient (Wildman–Crippen LogP) is 1.80. The van der Waals surface area contributed by atoms with Crippen LogP contribution in [-0.2, 0) is 9.84 Å². The molecule has 0 aliphatic heterocycles. The number of aryl methyl sites for hydroxylation is 1. The number of aromatic nitrogens is 2. The number of halogens is 1. The van der Waals surface area contributed by atoms with E-state index in [9.17, 15) is 13.2 Å². The van der Waals surface area contributed by atoms with Gasteiger partial charge in [-0.1, -0.05) is 23.7 Å². The van der Waals surface area contributed by atoms with Gasteiger partial charge in [-0.25, -0.2) is 13.5 Å². The Morgan fingerprint density at radius 1 is 1.21 bits per heavy atom. The van der Waals surface area contributed by atoms with Gasteiger partial charge < -0.3 is 0 Å². The summed E-state index contributed by atoms with van der Waals surface area (Å²) >= 11 is 5.80. The molecule has 2 aromatic rings. The van der Waals surface area contributed by atoms with Gasteiger partial charge in [-0.2, -0.15) is 5.10 Å². The Hall–Kier alpha value is -1.66. The molecule has 0 radical (unpaired) electrons. The van der Waals surface area contributed by atoms with Crippen molar-refractivity contribution in [2.75, 3.05) is 6.26 Å². The molecular formula is C12H11ClN2O3S. The zero-order valence-electron chi connectivity index (χ0n) is 10.3. The highest BCUT2D eigenvalue weighted by Gasteiger charge is 2.21. The molecule has 1 heterocycles. The number of sulfone groups is 1. The van der Waals surface area contributed by atoms with Crippen LogP contribution in [0, 0.1) is 6.92 Å². The molecule has 0 fully saturated rings. The molecule has 1 N–H and O–H groups in total. The standard InChI is InChI=1S/C12H11ClN2O3S/c1-7-10(8-3-5-9(13)6-4-8)11(19(2,17)18)12(16)15-14-7/h3-6H,1-2H3,(H,15,16). The van der Waals surface area contributed by atoms with Crippen LogP contribution in [0.25, 0.3) is 11.1 Å². The normalized spacial score (nSPS) is 11.5. The third-order valence-electron chi connectivity index (χ3n) is 2.62. The largest absolute Gasteiger partial charge is 0.283 e. The Balaban J connectivity index is 2.87. The molecule has 0 aliphatic carbocycles. The molecule has 0 bridgehead atoms. The Kier molecular flexibility index (Phi) is 3.47. The molecule has 0 spiro atoms. The first-order valence-corrected chi connectivity index (χ1v) is 7.63. The number of nitrogens with one attached hydrogen (secondary N) is 1. The number of hydrogen-bond acceptors (Lipinski definition) is 4. The van der Waals surface area contributed by atoms with Crippen molar-refractivity contribution in [2.24, 2.45) is 0 Å². The molecule has 1 aromatic carbocycles. The summed E-state index contributed by atoms with van der Waals surface area (Å²) in [5, 5.41) is 6.53. The molecule has 0 aliphatic rings. The van der Waals surface area contributed by atoms with Gasteiger partial charge in [0.25, 0.3) is 5.56 Å². The first kappa shape index (κ1) is 13.8. The highest BCUT2D eigenvalue weighted by Crippen LogP contribution is 2.27. The fraction of sp³-hybridized carbons (Fsp3) is 0.167. The van der Waals surface area contributed by atoms with Crippen molar-refractivity contribution >= 4 is 21.4 Å². The second kappa shape index (κ2) is 4.79. The van der Waals surface area contributed by atoms with Crippen molar-refractivity contribution in [1.82, 2.24) is 10.2 Å². The van der Waals surface area contributed by atoms with Crippen LogP contribution < -0.4 is 5.56 Å². The summed E-state index contributed by atoms with van der Waals surface area (Å²) in [5.74, 6) is 0. The lowest BCUT2D eigenvalue weighted by molar-refractivity contribution is 0.600.